The van der Waals surface area contributed by atoms with Crippen molar-refractivity contribution in [2.24, 2.45) is 0 Å². The molecule has 0 spiro atoms. The Balaban J connectivity index is 2.20. The minimum absolute atomic E-state index is 0.0419. The number of rotatable bonds is 4. The highest BCUT2D eigenvalue weighted by molar-refractivity contribution is 5.96. The number of hydrogen-bond acceptors (Lipinski definition) is 1. The van der Waals surface area contributed by atoms with Crippen LogP contribution in [0.2, 0.25) is 0 Å². The lowest BCUT2D eigenvalue weighted by atomic mass is 9.99. The maximum atomic E-state index is 12.4. The Kier molecular flexibility index (Phi) is 4.57. The number of carbonyl (C=O) groups is 1. The molecular weight excluding hydrogens is 246 g/mol. The first-order chi connectivity index (χ1) is 9.63. The quantitative estimate of drug-likeness (QED) is 0.879. The fraction of sp³-hybridized carbons (Fsp3) is 0.278. The lowest BCUT2D eigenvalue weighted by Crippen LogP contribution is -2.20. The van der Waals surface area contributed by atoms with E-state index in [2.05, 4.69) is 18.3 Å². The van der Waals surface area contributed by atoms with Crippen LogP contribution >= 0.6 is 0 Å². The van der Waals surface area contributed by atoms with Crippen molar-refractivity contribution in [3.05, 3.63) is 65.2 Å². The fourth-order valence-electron chi connectivity index (χ4n) is 2.33. The van der Waals surface area contributed by atoms with Gasteiger partial charge in [-0.25, -0.2) is 0 Å². The minimum Gasteiger partial charge on any atom is -0.325 e. The van der Waals surface area contributed by atoms with E-state index in [0.717, 1.165) is 23.2 Å². The molecule has 2 rings (SSSR count). The summed E-state index contributed by atoms with van der Waals surface area (Å²) in [5, 5.41) is 3.09. The Bertz CT molecular complexity index is 590. The van der Waals surface area contributed by atoms with E-state index in [4.69, 9.17) is 0 Å². The van der Waals surface area contributed by atoms with Crippen LogP contribution in [-0.2, 0) is 11.2 Å². The zero-order chi connectivity index (χ0) is 14.5. The minimum atomic E-state index is -0.152. The SMILES string of the molecule is CCc1cccc(C)c1NC(=O)[C@H](C)c1ccccc1. The summed E-state index contributed by atoms with van der Waals surface area (Å²) in [6.07, 6.45) is 0.914. The van der Waals surface area contributed by atoms with E-state index in [0.29, 0.717) is 0 Å². The highest BCUT2D eigenvalue weighted by atomic mass is 16.1. The molecule has 2 aromatic carbocycles. The van der Waals surface area contributed by atoms with Crippen LogP contribution in [0.25, 0.3) is 0 Å². The highest BCUT2D eigenvalue weighted by Gasteiger charge is 2.16. The molecule has 104 valence electrons. The van der Waals surface area contributed by atoms with Crippen LogP contribution in [0.15, 0.2) is 48.5 Å². The first-order valence-corrected chi connectivity index (χ1v) is 7.07. The van der Waals surface area contributed by atoms with Gasteiger partial charge in [0.05, 0.1) is 5.92 Å². The molecule has 0 bridgehead atoms. The molecule has 0 heterocycles. The second-order valence-electron chi connectivity index (χ2n) is 5.08. The molecular formula is C18H21NO. The van der Waals surface area contributed by atoms with Crippen molar-refractivity contribution in [3.63, 3.8) is 0 Å². The number of amides is 1. The Labute approximate surface area is 120 Å². The zero-order valence-electron chi connectivity index (χ0n) is 12.3. The molecule has 0 fully saturated rings. The maximum Gasteiger partial charge on any atom is 0.231 e. The van der Waals surface area contributed by atoms with Crippen molar-refractivity contribution in [3.8, 4) is 0 Å². The van der Waals surface area contributed by atoms with Crippen LogP contribution in [0.4, 0.5) is 5.69 Å². The Morgan fingerprint density at radius 2 is 1.80 bits per heavy atom. The van der Waals surface area contributed by atoms with Crippen molar-refractivity contribution in [1.29, 1.82) is 0 Å². The first-order valence-electron chi connectivity index (χ1n) is 7.07. The number of nitrogens with one attached hydrogen (secondary N) is 1. The van der Waals surface area contributed by atoms with Crippen LogP contribution in [-0.4, -0.2) is 5.91 Å². The lowest BCUT2D eigenvalue weighted by Gasteiger charge is -2.16. The van der Waals surface area contributed by atoms with Gasteiger partial charge in [-0.2, -0.15) is 0 Å². The Hall–Kier alpha value is -2.09. The van der Waals surface area contributed by atoms with Crippen LogP contribution in [0.5, 0.6) is 0 Å². The van der Waals surface area contributed by atoms with E-state index in [1.54, 1.807) is 0 Å². The van der Waals surface area contributed by atoms with Gasteiger partial charge in [-0.3, -0.25) is 4.79 Å². The van der Waals surface area contributed by atoms with E-state index in [9.17, 15) is 4.79 Å². The topological polar surface area (TPSA) is 29.1 Å². The van der Waals surface area contributed by atoms with Gasteiger partial charge in [0.2, 0.25) is 5.91 Å². The highest BCUT2D eigenvalue weighted by Crippen LogP contribution is 2.23. The Morgan fingerprint density at radius 3 is 2.45 bits per heavy atom. The third-order valence-electron chi connectivity index (χ3n) is 3.68. The predicted molar refractivity (Wildman–Crippen MR) is 84.0 cm³/mol. The smallest absolute Gasteiger partial charge is 0.231 e. The number of carbonyl (C=O) groups excluding carboxylic acids is 1. The summed E-state index contributed by atoms with van der Waals surface area (Å²) in [4.78, 5) is 12.4. The average Bonchev–Trinajstić information content (AvgIpc) is 2.49. The van der Waals surface area contributed by atoms with E-state index in [1.807, 2.05) is 56.3 Å². The second kappa shape index (κ2) is 6.38. The summed E-state index contributed by atoms with van der Waals surface area (Å²) in [5.41, 5.74) is 4.29. The molecule has 2 nitrogen and oxygen atoms in total. The summed E-state index contributed by atoms with van der Waals surface area (Å²) in [5.74, 6) is -0.110. The normalized spacial score (nSPS) is 11.9. The molecule has 0 aliphatic rings. The van der Waals surface area contributed by atoms with Crippen molar-refractivity contribution in [2.45, 2.75) is 33.1 Å². The van der Waals surface area contributed by atoms with Crippen LogP contribution in [0.1, 0.15) is 36.5 Å². The molecule has 2 heteroatoms. The van der Waals surface area contributed by atoms with Gasteiger partial charge in [-0.15, -0.1) is 0 Å². The number of hydrogen-bond donors (Lipinski definition) is 1. The lowest BCUT2D eigenvalue weighted by molar-refractivity contribution is -0.117. The molecule has 1 atom stereocenters. The summed E-state index contributed by atoms with van der Waals surface area (Å²) in [6, 6.07) is 16.0. The largest absolute Gasteiger partial charge is 0.325 e. The van der Waals surface area contributed by atoms with E-state index < -0.39 is 0 Å². The summed E-state index contributed by atoms with van der Waals surface area (Å²) in [7, 11) is 0. The van der Waals surface area contributed by atoms with Crippen molar-refractivity contribution >= 4 is 11.6 Å². The monoisotopic (exact) mass is 267 g/mol. The molecule has 0 unspecified atom stereocenters. The molecule has 1 N–H and O–H groups in total. The van der Waals surface area contributed by atoms with Crippen molar-refractivity contribution in [2.75, 3.05) is 5.32 Å². The standard InChI is InChI=1S/C18H21NO/c1-4-15-12-8-9-13(2)17(15)19-18(20)14(3)16-10-6-5-7-11-16/h5-12,14H,4H2,1-3H3,(H,19,20)/t14-/m1/s1. The van der Waals surface area contributed by atoms with Gasteiger partial charge in [-0.05, 0) is 37.0 Å². The van der Waals surface area contributed by atoms with Gasteiger partial charge in [0.1, 0.15) is 0 Å². The van der Waals surface area contributed by atoms with E-state index in [-0.39, 0.29) is 11.8 Å². The van der Waals surface area contributed by atoms with Crippen molar-refractivity contribution < 1.29 is 4.79 Å². The first kappa shape index (κ1) is 14.3. The van der Waals surface area contributed by atoms with Gasteiger partial charge in [0, 0.05) is 5.69 Å². The number of benzene rings is 2. The number of aryl methyl sites for hydroxylation is 2. The predicted octanol–water partition coefficient (Wildman–Crippen LogP) is 4.30. The Morgan fingerprint density at radius 1 is 1.10 bits per heavy atom. The van der Waals surface area contributed by atoms with Gasteiger partial charge < -0.3 is 5.32 Å². The molecule has 0 saturated carbocycles. The van der Waals surface area contributed by atoms with Crippen molar-refractivity contribution in [1.82, 2.24) is 0 Å². The maximum absolute atomic E-state index is 12.4. The van der Waals surface area contributed by atoms with Crippen LogP contribution in [0.3, 0.4) is 0 Å². The molecule has 1 amide bonds. The molecule has 0 aliphatic carbocycles. The molecule has 0 radical (unpaired) electrons. The summed E-state index contributed by atoms with van der Waals surface area (Å²) < 4.78 is 0. The van der Waals surface area contributed by atoms with Gasteiger partial charge in [0.25, 0.3) is 0 Å². The number of anilines is 1. The summed E-state index contributed by atoms with van der Waals surface area (Å²) >= 11 is 0. The molecule has 0 saturated heterocycles. The number of para-hydroxylation sites is 1. The van der Waals surface area contributed by atoms with Gasteiger partial charge >= 0.3 is 0 Å². The van der Waals surface area contributed by atoms with E-state index in [1.165, 1.54) is 5.56 Å². The van der Waals surface area contributed by atoms with Gasteiger partial charge in [0.15, 0.2) is 0 Å². The third-order valence-corrected chi connectivity index (χ3v) is 3.68. The summed E-state index contributed by atoms with van der Waals surface area (Å²) in [6.45, 7) is 6.07. The molecule has 0 aliphatic heterocycles. The fourth-order valence-corrected chi connectivity index (χ4v) is 2.33. The molecule has 20 heavy (non-hydrogen) atoms. The average molecular weight is 267 g/mol. The molecule has 0 aromatic heterocycles. The van der Waals surface area contributed by atoms with Gasteiger partial charge in [-0.1, -0.05) is 55.5 Å². The molecule has 2 aromatic rings. The zero-order valence-corrected chi connectivity index (χ0v) is 12.3. The third kappa shape index (κ3) is 3.08. The van der Waals surface area contributed by atoms with Crippen LogP contribution < -0.4 is 5.32 Å². The second-order valence-corrected chi connectivity index (χ2v) is 5.08. The van der Waals surface area contributed by atoms with E-state index >= 15 is 0 Å². The van der Waals surface area contributed by atoms with Crippen LogP contribution in [0, 0.1) is 6.92 Å².